The summed E-state index contributed by atoms with van der Waals surface area (Å²) in [5.74, 6) is -0.371. The van der Waals surface area contributed by atoms with E-state index in [0.717, 1.165) is 5.56 Å². The molecule has 0 amide bonds. The maximum absolute atomic E-state index is 12.1. The molecule has 0 N–H and O–H groups in total. The Morgan fingerprint density at radius 1 is 1.40 bits per heavy atom. The van der Waals surface area contributed by atoms with E-state index in [1.54, 1.807) is 26.0 Å². The third-order valence-electron chi connectivity index (χ3n) is 2.08. The summed E-state index contributed by atoms with van der Waals surface area (Å²) in [6.07, 6.45) is 0.697. The number of ether oxygens (including phenoxy) is 1. The van der Waals surface area contributed by atoms with E-state index in [0.29, 0.717) is 11.8 Å². The number of rotatable bonds is 4. The normalized spacial score (nSPS) is 12.6. The lowest BCUT2D eigenvalue weighted by molar-refractivity contribution is -0.108. The van der Waals surface area contributed by atoms with Crippen LogP contribution in [-0.4, -0.2) is 12.9 Å². The first-order chi connectivity index (χ1) is 7.04. The van der Waals surface area contributed by atoms with E-state index in [4.69, 9.17) is 0 Å². The molecule has 0 heterocycles. The third-order valence-corrected chi connectivity index (χ3v) is 2.08. The van der Waals surface area contributed by atoms with Crippen LogP contribution in [-0.2, 0) is 4.79 Å². The van der Waals surface area contributed by atoms with Crippen LogP contribution in [0.25, 0.3) is 0 Å². The first-order valence-electron chi connectivity index (χ1n) is 4.55. The van der Waals surface area contributed by atoms with Crippen LogP contribution < -0.4 is 4.74 Å². The van der Waals surface area contributed by atoms with E-state index >= 15 is 0 Å². The van der Waals surface area contributed by atoms with Gasteiger partial charge in [0.2, 0.25) is 0 Å². The van der Waals surface area contributed by atoms with Crippen molar-refractivity contribution >= 4 is 6.29 Å². The van der Waals surface area contributed by atoms with Gasteiger partial charge in [0.25, 0.3) is 0 Å². The van der Waals surface area contributed by atoms with Crippen molar-refractivity contribution in [2.24, 2.45) is 0 Å². The number of hydrogen-bond donors (Lipinski definition) is 0. The molecular weight excluding hydrogens is 202 g/mol. The van der Waals surface area contributed by atoms with Gasteiger partial charge in [0, 0.05) is 11.5 Å². The molecule has 0 radical (unpaired) electrons. The molecule has 2 nitrogen and oxygen atoms in total. The van der Waals surface area contributed by atoms with E-state index in [9.17, 15) is 13.6 Å². The second-order valence-electron chi connectivity index (χ2n) is 3.34. The maximum Gasteiger partial charge on any atom is 0.387 e. The zero-order valence-electron chi connectivity index (χ0n) is 8.54. The van der Waals surface area contributed by atoms with Crippen molar-refractivity contribution < 1.29 is 18.3 Å². The fourth-order valence-corrected chi connectivity index (χ4v) is 1.29. The van der Waals surface area contributed by atoms with Crippen molar-refractivity contribution in [3.8, 4) is 5.75 Å². The van der Waals surface area contributed by atoms with Gasteiger partial charge in [-0.3, -0.25) is 0 Å². The van der Waals surface area contributed by atoms with E-state index in [1.165, 1.54) is 6.07 Å². The van der Waals surface area contributed by atoms with Gasteiger partial charge in [0.1, 0.15) is 12.0 Å². The van der Waals surface area contributed by atoms with Crippen molar-refractivity contribution in [1.29, 1.82) is 0 Å². The lowest BCUT2D eigenvalue weighted by Crippen LogP contribution is -2.06. The number of aldehydes is 1. The fourth-order valence-electron chi connectivity index (χ4n) is 1.29. The zero-order chi connectivity index (χ0) is 11.4. The Labute approximate surface area is 86.9 Å². The molecule has 0 bridgehead atoms. The highest BCUT2D eigenvalue weighted by Gasteiger charge is 2.14. The largest absolute Gasteiger partial charge is 0.435 e. The molecule has 0 aliphatic heterocycles. The average Bonchev–Trinajstić information content (AvgIpc) is 2.16. The predicted molar refractivity (Wildman–Crippen MR) is 52.3 cm³/mol. The second-order valence-corrected chi connectivity index (χ2v) is 3.34. The van der Waals surface area contributed by atoms with Gasteiger partial charge < -0.3 is 9.53 Å². The molecule has 1 rings (SSSR count). The minimum absolute atomic E-state index is 0.0737. The molecule has 0 saturated carbocycles. The van der Waals surface area contributed by atoms with Gasteiger partial charge >= 0.3 is 6.61 Å². The Morgan fingerprint density at radius 2 is 2.07 bits per heavy atom. The first-order valence-corrected chi connectivity index (χ1v) is 4.55. The molecule has 1 unspecified atom stereocenters. The van der Waals surface area contributed by atoms with Crippen molar-refractivity contribution in [2.75, 3.05) is 0 Å². The van der Waals surface area contributed by atoms with E-state index in [-0.39, 0.29) is 5.75 Å². The molecule has 0 spiro atoms. The molecular formula is C11H12F2O2. The number of alkyl halides is 2. The summed E-state index contributed by atoms with van der Waals surface area (Å²) in [7, 11) is 0. The van der Waals surface area contributed by atoms with Crippen molar-refractivity contribution in [2.45, 2.75) is 26.4 Å². The summed E-state index contributed by atoms with van der Waals surface area (Å²) in [5, 5.41) is 0. The molecule has 15 heavy (non-hydrogen) atoms. The number of carbonyl (C=O) groups is 1. The Hall–Kier alpha value is -1.45. The number of hydrogen-bond acceptors (Lipinski definition) is 2. The molecule has 0 aliphatic carbocycles. The third kappa shape index (κ3) is 3.01. The van der Waals surface area contributed by atoms with E-state index in [1.807, 2.05) is 0 Å². The van der Waals surface area contributed by atoms with Crippen LogP contribution in [0.15, 0.2) is 18.2 Å². The van der Waals surface area contributed by atoms with Crippen molar-refractivity contribution in [3.05, 3.63) is 29.3 Å². The average molecular weight is 214 g/mol. The van der Waals surface area contributed by atoms with Gasteiger partial charge in [-0.05, 0) is 18.6 Å². The topological polar surface area (TPSA) is 26.3 Å². The van der Waals surface area contributed by atoms with Crippen LogP contribution in [0, 0.1) is 6.92 Å². The minimum Gasteiger partial charge on any atom is -0.435 e. The van der Waals surface area contributed by atoms with Crippen LogP contribution in [0.1, 0.15) is 24.0 Å². The van der Waals surface area contributed by atoms with Gasteiger partial charge in [-0.15, -0.1) is 0 Å². The lowest BCUT2D eigenvalue weighted by atomic mass is 10.0. The highest BCUT2D eigenvalue weighted by atomic mass is 19.3. The van der Waals surface area contributed by atoms with Gasteiger partial charge in [0.05, 0.1) is 0 Å². The summed E-state index contributed by atoms with van der Waals surface area (Å²) in [5.41, 5.74) is 1.29. The van der Waals surface area contributed by atoms with Gasteiger partial charge in [-0.2, -0.15) is 8.78 Å². The minimum atomic E-state index is -2.87. The summed E-state index contributed by atoms with van der Waals surface area (Å²) in [4.78, 5) is 10.6. The van der Waals surface area contributed by atoms with Crippen molar-refractivity contribution in [1.82, 2.24) is 0 Å². The summed E-state index contributed by atoms with van der Waals surface area (Å²) in [6, 6.07) is 4.89. The van der Waals surface area contributed by atoms with Crippen molar-refractivity contribution in [3.63, 3.8) is 0 Å². The molecule has 1 atom stereocenters. The quantitative estimate of drug-likeness (QED) is 0.720. The number of halogens is 2. The number of carbonyl (C=O) groups excluding carboxylic acids is 1. The standard InChI is InChI=1S/C11H12F2O2/c1-7-3-4-9(8(2)6-14)10(5-7)15-11(12)13/h3-6,8,11H,1-2H3. The summed E-state index contributed by atoms with van der Waals surface area (Å²) in [6.45, 7) is 0.536. The molecule has 0 saturated heterocycles. The zero-order valence-corrected chi connectivity index (χ0v) is 8.54. The predicted octanol–water partition coefficient (Wildman–Crippen LogP) is 2.90. The Morgan fingerprint density at radius 3 is 2.60 bits per heavy atom. The Bertz CT molecular complexity index is 350. The molecule has 82 valence electrons. The molecule has 0 aliphatic rings. The molecule has 0 aromatic heterocycles. The molecule has 0 fully saturated rings. The fraction of sp³-hybridized carbons (Fsp3) is 0.364. The van der Waals surface area contributed by atoms with Crippen LogP contribution in [0.2, 0.25) is 0 Å². The molecule has 1 aromatic rings. The monoisotopic (exact) mass is 214 g/mol. The summed E-state index contributed by atoms with van der Waals surface area (Å²) < 4.78 is 28.5. The molecule has 4 heteroatoms. The maximum atomic E-state index is 12.1. The highest BCUT2D eigenvalue weighted by molar-refractivity contribution is 5.64. The van der Waals surface area contributed by atoms with Gasteiger partial charge in [0.15, 0.2) is 0 Å². The molecule has 1 aromatic carbocycles. The van der Waals surface area contributed by atoms with Crippen LogP contribution in [0.3, 0.4) is 0 Å². The second kappa shape index (κ2) is 4.87. The number of aryl methyl sites for hydroxylation is 1. The van der Waals surface area contributed by atoms with Gasteiger partial charge in [-0.25, -0.2) is 0 Å². The van der Waals surface area contributed by atoms with E-state index in [2.05, 4.69) is 4.74 Å². The van der Waals surface area contributed by atoms with Gasteiger partial charge in [-0.1, -0.05) is 19.1 Å². The van der Waals surface area contributed by atoms with Crippen LogP contribution in [0.4, 0.5) is 8.78 Å². The Balaban J connectivity index is 3.08. The van der Waals surface area contributed by atoms with Crippen LogP contribution >= 0.6 is 0 Å². The SMILES string of the molecule is Cc1ccc(C(C)C=O)c(OC(F)F)c1. The smallest absolute Gasteiger partial charge is 0.387 e. The summed E-state index contributed by atoms with van der Waals surface area (Å²) >= 11 is 0. The highest BCUT2D eigenvalue weighted by Crippen LogP contribution is 2.27. The van der Waals surface area contributed by atoms with Crippen LogP contribution in [0.5, 0.6) is 5.75 Å². The Kier molecular flexibility index (Phi) is 3.77. The first kappa shape index (κ1) is 11.6. The lowest BCUT2D eigenvalue weighted by Gasteiger charge is -2.13. The van der Waals surface area contributed by atoms with E-state index < -0.39 is 12.5 Å². The number of benzene rings is 1.